The van der Waals surface area contributed by atoms with Gasteiger partial charge in [-0.15, -0.1) is 0 Å². The number of amides is 1. The van der Waals surface area contributed by atoms with Crippen LogP contribution in [0.4, 0.5) is 0 Å². The van der Waals surface area contributed by atoms with Gasteiger partial charge < -0.3 is 9.73 Å². The number of carbonyl (C=O) groups excluding carboxylic acids is 1. The zero-order chi connectivity index (χ0) is 24.2. The zero-order valence-electron chi connectivity index (χ0n) is 19.3. The van der Waals surface area contributed by atoms with E-state index in [4.69, 9.17) is 4.42 Å². The summed E-state index contributed by atoms with van der Waals surface area (Å²) in [5, 5.41) is 6.81. The molecule has 1 amide bonds. The minimum atomic E-state index is -0.751. The molecule has 2 heterocycles. The monoisotopic (exact) mass is 458 g/mol. The van der Waals surface area contributed by atoms with Crippen molar-refractivity contribution in [1.82, 2.24) is 19.7 Å². The van der Waals surface area contributed by atoms with Gasteiger partial charge in [0.25, 0.3) is 11.5 Å². The predicted molar refractivity (Wildman–Crippen MR) is 128 cm³/mol. The molecule has 0 fully saturated rings. The lowest BCUT2D eigenvalue weighted by Gasteiger charge is -2.13. The zero-order valence-corrected chi connectivity index (χ0v) is 19.3. The second-order valence-electron chi connectivity index (χ2n) is 8.43. The minimum Gasteiger partial charge on any atom is -0.467 e. The van der Waals surface area contributed by atoms with Crippen molar-refractivity contribution in [3.8, 4) is 5.69 Å². The number of carbonyl (C=O) groups is 1. The molecule has 0 spiro atoms. The molecular weight excluding hydrogens is 432 g/mol. The average molecular weight is 459 g/mol. The van der Waals surface area contributed by atoms with Crippen molar-refractivity contribution in [3.63, 3.8) is 0 Å². The topological polar surface area (TPSA) is 99.1 Å². The summed E-state index contributed by atoms with van der Waals surface area (Å²) in [5.74, 6) is 0.162. The van der Waals surface area contributed by atoms with Gasteiger partial charge in [-0.25, -0.2) is 4.79 Å². The van der Waals surface area contributed by atoms with Gasteiger partial charge in [0, 0.05) is 0 Å². The van der Waals surface area contributed by atoms with Crippen molar-refractivity contribution in [2.24, 2.45) is 0 Å². The number of nitrogens with one attached hydrogen (secondary N) is 1. The van der Waals surface area contributed by atoms with E-state index in [1.807, 2.05) is 43.3 Å². The van der Waals surface area contributed by atoms with Gasteiger partial charge in [0.2, 0.25) is 5.69 Å². The second-order valence-corrected chi connectivity index (χ2v) is 8.43. The fraction of sp³-hybridized carbons (Fsp3) is 0.231. The number of aromatic nitrogens is 3. The molecular formula is C26H26N4O4. The number of nitrogens with zero attached hydrogens (tertiary/aromatic N) is 3. The van der Waals surface area contributed by atoms with Crippen molar-refractivity contribution in [2.45, 2.75) is 39.8 Å². The molecule has 2 aromatic heterocycles. The number of rotatable bonds is 7. The molecule has 0 aliphatic heterocycles. The van der Waals surface area contributed by atoms with Crippen LogP contribution in [0.5, 0.6) is 0 Å². The molecule has 0 aliphatic rings. The highest BCUT2D eigenvalue weighted by atomic mass is 16.3. The first-order chi connectivity index (χ1) is 16.3. The van der Waals surface area contributed by atoms with Crippen molar-refractivity contribution in [1.29, 1.82) is 0 Å². The lowest BCUT2D eigenvalue weighted by atomic mass is 10.0. The van der Waals surface area contributed by atoms with Crippen molar-refractivity contribution in [3.05, 3.63) is 116 Å². The number of aryl methyl sites for hydroxylation is 1. The molecule has 0 saturated carbocycles. The highest BCUT2D eigenvalue weighted by Crippen LogP contribution is 2.16. The first kappa shape index (κ1) is 23.0. The van der Waals surface area contributed by atoms with Crippen molar-refractivity contribution < 1.29 is 9.21 Å². The molecule has 34 heavy (non-hydrogen) atoms. The Hall–Kier alpha value is -4.20. The SMILES string of the molecule is Cc1cccc(Cn2c(=O)c(C(=O)NCc3ccco3)nn(-c3ccc(C(C)C)cc3)c2=O)c1. The van der Waals surface area contributed by atoms with Crippen LogP contribution in [0.15, 0.2) is 80.9 Å². The van der Waals surface area contributed by atoms with Crippen LogP contribution < -0.4 is 16.6 Å². The molecule has 8 nitrogen and oxygen atoms in total. The third kappa shape index (κ3) is 4.91. The Kier molecular flexibility index (Phi) is 6.58. The van der Waals surface area contributed by atoms with Crippen LogP contribution in [0, 0.1) is 6.92 Å². The van der Waals surface area contributed by atoms with Gasteiger partial charge in [-0.05, 0) is 48.2 Å². The summed E-state index contributed by atoms with van der Waals surface area (Å²) in [6.07, 6.45) is 1.50. The normalized spacial score (nSPS) is 11.1. The maximum Gasteiger partial charge on any atom is 0.352 e. The third-order valence-corrected chi connectivity index (χ3v) is 5.51. The van der Waals surface area contributed by atoms with Crippen LogP contribution in [0.3, 0.4) is 0 Å². The summed E-state index contributed by atoms with van der Waals surface area (Å²) in [5.41, 5.74) is 1.60. The standard InChI is InChI=1S/C26H26N4O4/c1-17(2)20-9-11-21(12-10-20)30-26(33)29(16-19-7-4-6-18(3)14-19)25(32)23(28-30)24(31)27-15-22-8-5-13-34-22/h4-14,17H,15-16H2,1-3H3,(H,27,31). The number of hydrogen-bond acceptors (Lipinski definition) is 5. The summed E-state index contributed by atoms with van der Waals surface area (Å²) in [7, 11) is 0. The summed E-state index contributed by atoms with van der Waals surface area (Å²) < 4.78 is 7.37. The molecule has 1 N–H and O–H groups in total. The van der Waals surface area contributed by atoms with Gasteiger partial charge in [0.1, 0.15) is 5.76 Å². The first-order valence-corrected chi connectivity index (χ1v) is 11.0. The van der Waals surface area contributed by atoms with E-state index in [0.29, 0.717) is 17.4 Å². The van der Waals surface area contributed by atoms with E-state index in [1.54, 1.807) is 24.3 Å². The molecule has 0 atom stereocenters. The molecule has 0 saturated heterocycles. The van der Waals surface area contributed by atoms with Crippen LogP contribution >= 0.6 is 0 Å². The number of furan rings is 1. The molecule has 174 valence electrons. The van der Waals surface area contributed by atoms with Crippen molar-refractivity contribution in [2.75, 3.05) is 0 Å². The molecule has 4 rings (SSSR count). The molecule has 2 aromatic carbocycles. The Balaban J connectivity index is 1.79. The summed E-state index contributed by atoms with van der Waals surface area (Å²) >= 11 is 0. The van der Waals surface area contributed by atoms with E-state index in [1.165, 1.54) is 6.26 Å². The Bertz CT molecular complexity index is 1410. The maximum atomic E-state index is 13.3. The highest BCUT2D eigenvalue weighted by molar-refractivity contribution is 5.91. The van der Waals surface area contributed by atoms with E-state index in [0.717, 1.165) is 25.9 Å². The fourth-order valence-electron chi connectivity index (χ4n) is 3.62. The van der Waals surface area contributed by atoms with E-state index in [2.05, 4.69) is 24.3 Å². The molecule has 0 bridgehead atoms. The Morgan fingerprint density at radius 1 is 1.06 bits per heavy atom. The lowest BCUT2D eigenvalue weighted by molar-refractivity contribution is 0.0938. The van der Waals surface area contributed by atoms with Gasteiger partial charge in [-0.2, -0.15) is 9.78 Å². The largest absolute Gasteiger partial charge is 0.467 e. The van der Waals surface area contributed by atoms with Gasteiger partial charge >= 0.3 is 5.69 Å². The minimum absolute atomic E-state index is 0.0183. The van der Waals surface area contributed by atoms with Gasteiger partial charge in [0.15, 0.2) is 0 Å². The first-order valence-electron chi connectivity index (χ1n) is 11.0. The molecule has 4 aromatic rings. The van der Waals surface area contributed by atoms with Gasteiger partial charge in [0.05, 0.1) is 25.0 Å². The predicted octanol–water partition coefficient (Wildman–Crippen LogP) is 3.40. The van der Waals surface area contributed by atoms with Crippen LogP contribution in [-0.2, 0) is 13.1 Å². The lowest BCUT2D eigenvalue weighted by Crippen LogP contribution is -2.46. The fourth-order valence-corrected chi connectivity index (χ4v) is 3.62. The molecule has 0 radical (unpaired) electrons. The highest BCUT2D eigenvalue weighted by Gasteiger charge is 2.21. The maximum absolute atomic E-state index is 13.3. The van der Waals surface area contributed by atoms with Crippen LogP contribution in [0.2, 0.25) is 0 Å². The summed E-state index contributed by atoms with van der Waals surface area (Å²) in [4.78, 5) is 39.5. The quantitative estimate of drug-likeness (QED) is 0.458. The molecule has 0 unspecified atom stereocenters. The Morgan fingerprint density at radius 3 is 2.47 bits per heavy atom. The summed E-state index contributed by atoms with van der Waals surface area (Å²) in [6, 6.07) is 18.3. The van der Waals surface area contributed by atoms with Gasteiger partial charge in [-0.1, -0.05) is 55.8 Å². The number of hydrogen-bond donors (Lipinski definition) is 1. The third-order valence-electron chi connectivity index (χ3n) is 5.51. The molecule has 8 heteroatoms. The summed E-state index contributed by atoms with van der Waals surface area (Å²) in [6.45, 7) is 6.18. The average Bonchev–Trinajstić information content (AvgIpc) is 3.34. The smallest absolute Gasteiger partial charge is 0.352 e. The molecule has 0 aliphatic carbocycles. The van der Waals surface area contributed by atoms with E-state index in [-0.39, 0.29) is 18.8 Å². The van der Waals surface area contributed by atoms with Crippen molar-refractivity contribution >= 4 is 5.91 Å². The Labute approximate surface area is 196 Å². The second kappa shape index (κ2) is 9.74. The number of benzene rings is 2. The van der Waals surface area contributed by atoms with E-state index in [9.17, 15) is 14.4 Å². The van der Waals surface area contributed by atoms with E-state index >= 15 is 0 Å². The van der Waals surface area contributed by atoms with Crippen LogP contribution in [-0.4, -0.2) is 20.3 Å². The van der Waals surface area contributed by atoms with E-state index < -0.39 is 17.2 Å². The van der Waals surface area contributed by atoms with Gasteiger partial charge in [-0.3, -0.25) is 14.2 Å². The van der Waals surface area contributed by atoms with Crippen LogP contribution in [0.25, 0.3) is 5.69 Å². The Morgan fingerprint density at radius 2 is 1.82 bits per heavy atom. The van der Waals surface area contributed by atoms with Crippen LogP contribution in [0.1, 0.15) is 52.7 Å².